The van der Waals surface area contributed by atoms with Gasteiger partial charge in [0, 0.05) is 18.2 Å². The van der Waals surface area contributed by atoms with Gasteiger partial charge in [0.1, 0.15) is 38.1 Å². The number of rotatable bonds is 18. The third-order valence-electron chi connectivity index (χ3n) is 3.03. The summed E-state index contributed by atoms with van der Waals surface area (Å²) in [5.41, 5.74) is 0. The first-order valence-electron chi connectivity index (χ1n) is 9.00. The predicted molar refractivity (Wildman–Crippen MR) is 107 cm³/mol. The second kappa shape index (κ2) is 16.3. The molecular weight excluding hydrogens is 455 g/mol. The smallest absolute Gasteiger partial charge is 0.460 e. The van der Waals surface area contributed by atoms with Gasteiger partial charge in [-0.15, -0.1) is 0 Å². The number of hydrogen-bond donors (Lipinski definition) is 3. The summed E-state index contributed by atoms with van der Waals surface area (Å²) in [6, 6.07) is 0. The number of phosphoric ester groups is 1. The minimum absolute atomic E-state index is 0.523. The Bertz CT molecular complexity index is 602. The summed E-state index contributed by atoms with van der Waals surface area (Å²) in [7, 11) is -4.51. The molecule has 0 radical (unpaired) electrons. The van der Waals surface area contributed by atoms with Gasteiger partial charge in [0.2, 0.25) is 0 Å². The molecule has 32 heavy (non-hydrogen) atoms. The molecule has 0 aliphatic heterocycles. The zero-order valence-electron chi connectivity index (χ0n) is 17.2. The number of aliphatic hydroxyl groups excluding tert-OH is 3. The van der Waals surface area contributed by atoms with Crippen molar-refractivity contribution < 1.29 is 62.1 Å². The number of aliphatic hydroxyl groups is 3. The van der Waals surface area contributed by atoms with E-state index in [-0.39, 0.29) is 0 Å². The van der Waals surface area contributed by atoms with E-state index in [1.807, 2.05) is 0 Å². The maximum atomic E-state index is 12.7. The molecule has 0 saturated heterocycles. The molecule has 0 fully saturated rings. The molecule has 0 rings (SSSR count). The summed E-state index contributed by atoms with van der Waals surface area (Å²) in [5, 5.41) is 29.3. The van der Waals surface area contributed by atoms with E-state index >= 15 is 0 Å². The Morgan fingerprint density at radius 2 is 0.875 bits per heavy atom. The number of hydrogen-bond acceptors (Lipinski definition) is 13. The lowest BCUT2D eigenvalue weighted by Gasteiger charge is -2.22. The molecule has 182 valence electrons. The summed E-state index contributed by atoms with van der Waals surface area (Å²) in [5.74, 6) is -2.43. The second-order valence-electron chi connectivity index (χ2n) is 5.80. The highest BCUT2D eigenvalue weighted by Gasteiger charge is 2.31. The summed E-state index contributed by atoms with van der Waals surface area (Å²) in [6.07, 6.45) is -1.70. The summed E-state index contributed by atoms with van der Waals surface area (Å²) in [6.45, 7) is 5.89. The van der Waals surface area contributed by atoms with Crippen LogP contribution in [0.15, 0.2) is 38.0 Å². The van der Waals surface area contributed by atoms with Crippen LogP contribution in [0.25, 0.3) is 0 Å². The molecule has 0 heterocycles. The Kier molecular flexibility index (Phi) is 15.1. The van der Waals surface area contributed by atoms with Crippen molar-refractivity contribution in [1.82, 2.24) is 0 Å². The van der Waals surface area contributed by atoms with Gasteiger partial charge in [-0.25, -0.2) is 18.9 Å². The van der Waals surface area contributed by atoms with E-state index in [4.69, 9.17) is 13.6 Å². The molecule has 0 aromatic carbocycles. The monoisotopic (exact) mass is 482 g/mol. The normalized spacial score (nSPS) is 15.3. The van der Waals surface area contributed by atoms with Crippen LogP contribution in [-0.2, 0) is 46.7 Å². The van der Waals surface area contributed by atoms with E-state index in [0.717, 1.165) is 18.2 Å². The van der Waals surface area contributed by atoms with Crippen molar-refractivity contribution >= 4 is 25.7 Å². The van der Waals surface area contributed by atoms with Crippen LogP contribution in [0.3, 0.4) is 0 Å². The van der Waals surface area contributed by atoms with Crippen LogP contribution in [0.2, 0.25) is 0 Å². The lowest BCUT2D eigenvalue weighted by molar-refractivity contribution is -0.141. The SMILES string of the molecule is C=CC(=O)OCC(O)COP(=O)(OCC(O)COC(=O)C=C)OCC(O)COC(=O)C=C. The van der Waals surface area contributed by atoms with Crippen molar-refractivity contribution in [3.05, 3.63) is 38.0 Å². The Morgan fingerprint density at radius 3 is 1.09 bits per heavy atom. The number of ether oxygens (including phenoxy) is 3. The van der Waals surface area contributed by atoms with Crippen LogP contribution in [0.1, 0.15) is 0 Å². The van der Waals surface area contributed by atoms with E-state index in [1.54, 1.807) is 0 Å². The molecule has 14 heteroatoms. The fourth-order valence-corrected chi connectivity index (χ4v) is 2.79. The second-order valence-corrected chi connectivity index (χ2v) is 7.47. The van der Waals surface area contributed by atoms with Crippen molar-refractivity contribution in [3.8, 4) is 0 Å². The van der Waals surface area contributed by atoms with E-state index in [9.17, 15) is 34.3 Å². The Labute approximate surface area is 184 Å². The van der Waals surface area contributed by atoms with Crippen LogP contribution in [0, 0.1) is 0 Å². The van der Waals surface area contributed by atoms with Crippen molar-refractivity contribution in [2.75, 3.05) is 39.6 Å². The molecule has 0 aliphatic rings. The maximum Gasteiger partial charge on any atom is 0.475 e. The zero-order valence-corrected chi connectivity index (χ0v) is 18.1. The van der Waals surface area contributed by atoms with Crippen LogP contribution in [0.5, 0.6) is 0 Å². The molecule has 0 amide bonds. The standard InChI is InChI=1S/C18H27O13P/c1-4-16(22)26-7-13(19)10-29-32(25,30-11-14(20)8-27-17(23)5-2)31-12-15(21)9-28-18(24)6-3/h4-6,13-15,19-21H,1-3,7-12H2. The van der Waals surface area contributed by atoms with E-state index in [2.05, 4.69) is 33.9 Å². The fourth-order valence-electron chi connectivity index (χ4n) is 1.50. The first-order chi connectivity index (χ1) is 15.0. The highest BCUT2D eigenvalue weighted by atomic mass is 31.2. The molecule has 3 atom stereocenters. The van der Waals surface area contributed by atoms with Gasteiger partial charge in [0.25, 0.3) is 0 Å². The summed E-state index contributed by atoms with van der Waals surface area (Å²) in [4.78, 5) is 33.0. The molecule has 3 unspecified atom stereocenters. The Morgan fingerprint density at radius 1 is 0.625 bits per heavy atom. The lowest BCUT2D eigenvalue weighted by Crippen LogP contribution is -2.27. The lowest BCUT2D eigenvalue weighted by atomic mass is 10.4. The van der Waals surface area contributed by atoms with Crippen molar-refractivity contribution in [2.24, 2.45) is 0 Å². The highest BCUT2D eigenvalue weighted by molar-refractivity contribution is 7.48. The number of carbonyl (C=O) groups excluding carboxylic acids is 3. The van der Waals surface area contributed by atoms with Crippen LogP contribution in [-0.4, -0.2) is 91.2 Å². The first-order valence-corrected chi connectivity index (χ1v) is 10.5. The fraction of sp³-hybridized carbons (Fsp3) is 0.500. The summed E-state index contributed by atoms with van der Waals surface area (Å²) < 4.78 is 41.3. The maximum absolute atomic E-state index is 12.7. The van der Waals surface area contributed by atoms with Gasteiger partial charge in [-0.1, -0.05) is 19.7 Å². The molecule has 0 spiro atoms. The molecule has 0 bridgehead atoms. The summed E-state index contributed by atoms with van der Waals surface area (Å²) >= 11 is 0. The minimum Gasteiger partial charge on any atom is -0.460 e. The number of phosphoric acid groups is 1. The van der Waals surface area contributed by atoms with Crippen molar-refractivity contribution in [2.45, 2.75) is 18.3 Å². The molecule has 0 saturated carbocycles. The van der Waals surface area contributed by atoms with Gasteiger partial charge in [-0.2, -0.15) is 0 Å². The molecule has 0 aromatic rings. The molecule has 0 aromatic heterocycles. The van der Waals surface area contributed by atoms with Gasteiger partial charge in [0.15, 0.2) is 0 Å². The average molecular weight is 482 g/mol. The van der Waals surface area contributed by atoms with E-state index in [1.165, 1.54) is 0 Å². The van der Waals surface area contributed by atoms with Gasteiger partial charge in [0.05, 0.1) is 19.8 Å². The third kappa shape index (κ3) is 14.6. The minimum atomic E-state index is -4.51. The van der Waals surface area contributed by atoms with Gasteiger partial charge in [-0.05, 0) is 0 Å². The largest absolute Gasteiger partial charge is 0.475 e. The van der Waals surface area contributed by atoms with E-state index < -0.39 is 83.7 Å². The van der Waals surface area contributed by atoms with Gasteiger partial charge < -0.3 is 29.5 Å². The highest BCUT2D eigenvalue weighted by Crippen LogP contribution is 2.49. The number of esters is 3. The molecule has 3 N–H and O–H groups in total. The van der Waals surface area contributed by atoms with Crippen LogP contribution >= 0.6 is 7.82 Å². The zero-order chi connectivity index (χ0) is 24.6. The quantitative estimate of drug-likeness (QED) is 0.0976. The Balaban J connectivity index is 4.84. The van der Waals surface area contributed by atoms with Gasteiger partial charge in [-0.3, -0.25) is 13.6 Å². The number of carbonyl (C=O) groups is 3. The predicted octanol–water partition coefficient (Wildman–Crippen LogP) is -0.585. The molecule has 13 nitrogen and oxygen atoms in total. The first kappa shape index (κ1) is 29.6. The third-order valence-corrected chi connectivity index (χ3v) is 4.42. The van der Waals surface area contributed by atoms with Crippen LogP contribution in [0.4, 0.5) is 0 Å². The molecular formula is C18H27O13P. The average Bonchev–Trinajstić information content (AvgIpc) is 2.80. The molecule has 0 aliphatic carbocycles. The Hall–Kier alpha value is -2.38. The van der Waals surface area contributed by atoms with Crippen molar-refractivity contribution in [1.29, 1.82) is 0 Å². The topological polar surface area (TPSA) is 184 Å². The van der Waals surface area contributed by atoms with Crippen molar-refractivity contribution in [3.63, 3.8) is 0 Å². The van der Waals surface area contributed by atoms with E-state index in [0.29, 0.717) is 0 Å². The van der Waals surface area contributed by atoms with Crippen LogP contribution < -0.4 is 0 Å². The van der Waals surface area contributed by atoms with Gasteiger partial charge >= 0.3 is 25.7 Å².